The first-order valence-corrected chi connectivity index (χ1v) is 13.9. The topological polar surface area (TPSA) is 190 Å². The summed E-state index contributed by atoms with van der Waals surface area (Å²) in [6.45, 7) is 1.84. The number of ether oxygens (including phenoxy) is 1. The van der Waals surface area contributed by atoms with Crippen molar-refractivity contribution in [1.82, 2.24) is 9.47 Å². The molecule has 0 bridgehead atoms. The van der Waals surface area contributed by atoms with Crippen molar-refractivity contribution < 1.29 is 47.7 Å². The summed E-state index contributed by atoms with van der Waals surface area (Å²) in [4.78, 5) is 64.8. The van der Waals surface area contributed by atoms with Gasteiger partial charge >= 0.3 is 21.2 Å². The van der Waals surface area contributed by atoms with E-state index >= 15 is 4.39 Å². The molecule has 1 fully saturated rings. The molecule has 2 aliphatic heterocycles. The predicted octanol–water partition coefficient (Wildman–Crippen LogP) is 0.596. The highest BCUT2D eigenvalue weighted by Gasteiger charge is 2.44. The zero-order chi connectivity index (χ0) is 25.9. The van der Waals surface area contributed by atoms with E-state index in [1.807, 2.05) is 0 Å². The van der Waals surface area contributed by atoms with Crippen molar-refractivity contribution in [1.29, 1.82) is 0 Å². The fourth-order valence-corrected chi connectivity index (χ4v) is 6.91. The van der Waals surface area contributed by atoms with E-state index in [0.717, 1.165) is 6.07 Å². The largest absolute Gasteiger partial charge is 0.487 e. The van der Waals surface area contributed by atoms with Crippen LogP contribution in [0.2, 0.25) is 0 Å². The average molecular weight is 535 g/mol. The first-order chi connectivity index (χ1) is 16.2. The number of benzene rings is 1. The van der Waals surface area contributed by atoms with Crippen molar-refractivity contribution in [3.05, 3.63) is 33.9 Å². The number of halogens is 1. The molecule has 0 aliphatic carbocycles. The zero-order valence-electron chi connectivity index (χ0n) is 18.4. The van der Waals surface area contributed by atoms with E-state index in [2.05, 4.69) is 0 Å². The molecule has 1 atom stereocenters. The van der Waals surface area contributed by atoms with Gasteiger partial charge in [-0.1, -0.05) is 0 Å². The molecule has 5 N–H and O–H groups in total. The molecule has 1 aromatic heterocycles. The van der Waals surface area contributed by atoms with Crippen LogP contribution in [0, 0.1) is 5.82 Å². The molecule has 1 unspecified atom stereocenters. The number of anilines is 1. The fraction of sp³-hybridized carbons (Fsp3) is 0.474. The lowest BCUT2D eigenvalue weighted by atomic mass is 10.1. The third kappa shape index (κ3) is 4.75. The molecule has 3 heterocycles. The second-order valence-electron chi connectivity index (χ2n) is 8.62. The van der Waals surface area contributed by atoms with Crippen molar-refractivity contribution >= 4 is 37.8 Å². The van der Waals surface area contributed by atoms with Crippen LogP contribution in [-0.4, -0.2) is 84.8 Å². The van der Waals surface area contributed by atoms with Gasteiger partial charge in [0.1, 0.15) is 17.9 Å². The Bertz CT molecular complexity index is 1320. The minimum Gasteiger partial charge on any atom is -0.487 e. The Morgan fingerprint density at radius 2 is 1.77 bits per heavy atom. The molecule has 1 aromatic carbocycles. The summed E-state index contributed by atoms with van der Waals surface area (Å²) in [5, 5.41) is 7.09. The Labute approximate surface area is 197 Å². The number of pyridine rings is 1. The van der Waals surface area contributed by atoms with E-state index in [0.29, 0.717) is 0 Å². The molecule has 2 aromatic rings. The van der Waals surface area contributed by atoms with Crippen LogP contribution in [0.1, 0.15) is 23.3 Å². The van der Waals surface area contributed by atoms with Crippen LogP contribution < -0.4 is 15.1 Å². The van der Waals surface area contributed by atoms with Gasteiger partial charge in [-0.25, -0.2) is 9.18 Å². The number of nitrogens with zero attached hydrogens (tertiary/aromatic N) is 3. The first kappa shape index (κ1) is 25.8. The van der Waals surface area contributed by atoms with Gasteiger partial charge in [0.15, 0.2) is 17.0 Å². The number of hydrogen-bond acceptors (Lipinski definition) is 7. The second-order valence-corrected chi connectivity index (χ2v) is 12.6. The number of aromatic carboxylic acids is 1. The second kappa shape index (κ2) is 8.97. The van der Waals surface area contributed by atoms with Crippen molar-refractivity contribution in [2.24, 2.45) is 0 Å². The normalized spacial score (nSPS) is 19.3. The van der Waals surface area contributed by atoms with E-state index in [1.54, 1.807) is 16.4 Å². The minimum absolute atomic E-state index is 0.0572. The quantitative estimate of drug-likeness (QED) is 0.324. The summed E-state index contributed by atoms with van der Waals surface area (Å²) >= 11 is 0. The number of hydrogen-bond donors (Lipinski definition) is 5. The van der Waals surface area contributed by atoms with E-state index in [4.69, 9.17) is 4.74 Å². The summed E-state index contributed by atoms with van der Waals surface area (Å²) < 4.78 is 45.8. The van der Waals surface area contributed by atoms with E-state index in [9.17, 15) is 43.4 Å². The van der Waals surface area contributed by atoms with Crippen LogP contribution >= 0.6 is 15.2 Å². The van der Waals surface area contributed by atoms with Gasteiger partial charge in [0, 0.05) is 38.9 Å². The van der Waals surface area contributed by atoms with Gasteiger partial charge in [-0.3, -0.25) is 18.8 Å². The van der Waals surface area contributed by atoms with Crippen LogP contribution in [0.4, 0.5) is 10.1 Å². The average Bonchev–Trinajstić information content (AvgIpc) is 2.74. The van der Waals surface area contributed by atoms with Crippen LogP contribution in [0.25, 0.3) is 10.9 Å². The van der Waals surface area contributed by atoms with Gasteiger partial charge in [0.2, 0.25) is 5.43 Å². The summed E-state index contributed by atoms with van der Waals surface area (Å²) in [7, 11) is -10.2. The molecule has 16 heteroatoms. The highest BCUT2D eigenvalue weighted by molar-refractivity contribution is 7.70. The van der Waals surface area contributed by atoms with Gasteiger partial charge in [-0.2, -0.15) is 0 Å². The van der Waals surface area contributed by atoms with Crippen molar-refractivity contribution in [2.75, 3.05) is 44.2 Å². The number of piperazine rings is 1. The Kier molecular flexibility index (Phi) is 6.60. The van der Waals surface area contributed by atoms with Crippen molar-refractivity contribution in [3.8, 4) is 5.75 Å². The summed E-state index contributed by atoms with van der Waals surface area (Å²) in [5.74, 6) is -2.14. The van der Waals surface area contributed by atoms with E-state index in [-0.39, 0.29) is 61.2 Å². The van der Waals surface area contributed by atoms with Crippen LogP contribution in [-0.2, 0) is 9.13 Å². The number of carboxylic acid groups (broad SMARTS) is 1. The van der Waals surface area contributed by atoms with Crippen LogP contribution in [0.5, 0.6) is 5.75 Å². The molecule has 1 saturated heterocycles. The number of carboxylic acids is 1. The molecule has 0 radical (unpaired) electrons. The Balaban J connectivity index is 1.68. The molecule has 35 heavy (non-hydrogen) atoms. The molecule has 0 amide bonds. The number of carbonyl (C=O) groups is 1. The highest BCUT2D eigenvalue weighted by atomic mass is 31.2. The lowest BCUT2D eigenvalue weighted by Crippen LogP contribution is -2.49. The third-order valence-corrected chi connectivity index (χ3v) is 9.94. The monoisotopic (exact) mass is 535 g/mol. The van der Waals surface area contributed by atoms with Crippen molar-refractivity contribution in [3.63, 3.8) is 0 Å². The standard InChI is InChI=1S/C19H24FN3O10P2/c1-10-9-33-18-15-11(17(24)12(19(25)26)7-23(10)15)6-13(20)16(18)22-4-2-21(3-5-22)8-14(34(27,28)29)35(30,31)32/h6-7,10,14H,2-5,8-9H2,1H3,(H,25,26)(H2,27,28,29)(H2,30,31,32). The third-order valence-electron chi connectivity index (χ3n) is 6.26. The number of aromatic nitrogens is 1. The van der Waals surface area contributed by atoms with E-state index in [1.165, 1.54) is 11.1 Å². The highest BCUT2D eigenvalue weighted by Crippen LogP contribution is 2.60. The van der Waals surface area contributed by atoms with Gasteiger partial charge in [-0.05, 0) is 13.0 Å². The molecule has 0 spiro atoms. The van der Waals surface area contributed by atoms with Gasteiger partial charge in [0.05, 0.1) is 16.9 Å². The van der Waals surface area contributed by atoms with Crippen LogP contribution in [0.3, 0.4) is 0 Å². The van der Waals surface area contributed by atoms with Crippen molar-refractivity contribution in [2.45, 2.75) is 18.4 Å². The number of rotatable bonds is 6. The lowest BCUT2D eigenvalue weighted by Gasteiger charge is -2.39. The SMILES string of the molecule is CC1COc2c(N3CCN(CC(P(=O)(O)O)P(=O)(O)O)CC3)c(F)cc3c(=O)c(C(=O)O)cn1c23. The summed E-state index contributed by atoms with van der Waals surface area (Å²) in [6, 6.07) is 0.654. The Morgan fingerprint density at radius 1 is 1.17 bits per heavy atom. The lowest BCUT2D eigenvalue weighted by molar-refractivity contribution is 0.0694. The maximum Gasteiger partial charge on any atom is 0.342 e. The Hall–Kier alpha value is -2.31. The van der Waals surface area contributed by atoms with Crippen LogP contribution in [0.15, 0.2) is 17.1 Å². The Morgan fingerprint density at radius 3 is 2.31 bits per heavy atom. The van der Waals surface area contributed by atoms with Gasteiger partial charge in [-0.15, -0.1) is 0 Å². The molecule has 0 saturated carbocycles. The maximum absolute atomic E-state index is 15.3. The smallest absolute Gasteiger partial charge is 0.342 e. The van der Waals surface area contributed by atoms with E-state index < -0.39 is 49.9 Å². The summed E-state index contributed by atoms with van der Waals surface area (Å²) in [6.07, 6.45) is 1.22. The minimum atomic E-state index is -5.08. The fourth-order valence-electron chi connectivity index (χ4n) is 4.45. The maximum atomic E-state index is 15.3. The molecule has 192 valence electrons. The molecular weight excluding hydrogens is 511 g/mol. The molecule has 4 rings (SSSR count). The predicted molar refractivity (Wildman–Crippen MR) is 122 cm³/mol. The van der Waals surface area contributed by atoms with Gasteiger partial charge in [0.25, 0.3) is 0 Å². The molecule has 13 nitrogen and oxygen atoms in total. The van der Waals surface area contributed by atoms with Gasteiger partial charge < -0.3 is 38.9 Å². The molecular formula is C19H24FN3O10P2. The zero-order valence-corrected chi connectivity index (χ0v) is 20.2. The first-order valence-electron chi connectivity index (χ1n) is 10.5. The molecule has 2 aliphatic rings. The summed E-state index contributed by atoms with van der Waals surface area (Å²) in [5.41, 5.74) is -0.996.